The van der Waals surface area contributed by atoms with Crippen molar-refractivity contribution in [3.8, 4) is 5.75 Å². The molecule has 0 radical (unpaired) electrons. The van der Waals surface area contributed by atoms with Gasteiger partial charge in [0, 0.05) is 16.6 Å². The van der Waals surface area contributed by atoms with Crippen LogP contribution in [-0.2, 0) is 6.42 Å². The molecule has 94 valence electrons. The predicted molar refractivity (Wildman–Crippen MR) is 73.3 cm³/mol. The summed E-state index contributed by atoms with van der Waals surface area (Å²) in [5.74, 6) is 1.07. The van der Waals surface area contributed by atoms with Crippen LogP contribution < -0.4 is 10.1 Å². The van der Waals surface area contributed by atoms with E-state index in [2.05, 4.69) is 28.5 Å². The third kappa shape index (κ3) is 2.02. The Hall–Kier alpha value is -1.39. The van der Waals surface area contributed by atoms with E-state index in [9.17, 15) is 0 Å². The summed E-state index contributed by atoms with van der Waals surface area (Å²) >= 11 is 1.67. The van der Waals surface area contributed by atoms with Crippen LogP contribution >= 0.6 is 11.3 Å². The molecule has 3 nitrogen and oxygen atoms in total. The minimum atomic E-state index is 0.172. The first kappa shape index (κ1) is 11.7. The molecular formula is C14H16N2OS. The molecule has 1 N–H and O–H groups in total. The lowest BCUT2D eigenvalue weighted by Crippen LogP contribution is -2.20. The highest BCUT2D eigenvalue weighted by Gasteiger charge is 2.21. The summed E-state index contributed by atoms with van der Waals surface area (Å²) in [7, 11) is 1.98. The molecule has 0 aliphatic carbocycles. The zero-order chi connectivity index (χ0) is 12.4. The van der Waals surface area contributed by atoms with Gasteiger partial charge in [-0.2, -0.15) is 0 Å². The number of fused-ring (bicyclic) bond motifs is 1. The van der Waals surface area contributed by atoms with E-state index in [1.807, 2.05) is 18.8 Å². The molecule has 1 atom stereocenters. The van der Waals surface area contributed by atoms with E-state index < -0.39 is 0 Å². The van der Waals surface area contributed by atoms with Gasteiger partial charge in [-0.25, -0.2) is 0 Å². The van der Waals surface area contributed by atoms with E-state index in [0.29, 0.717) is 0 Å². The number of nitrogens with zero attached hydrogens (tertiary/aromatic N) is 1. The molecule has 1 aromatic carbocycles. The van der Waals surface area contributed by atoms with E-state index in [0.717, 1.165) is 25.2 Å². The molecule has 1 aromatic heterocycles. The van der Waals surface area contributed by atoms with Crippen LogP contribution in [0.3, 0.4) is 0 Å². The van der Waals surface area contributed by atoms with Gasteiger partial charge < -0.3 is 10.1 Å². The molecule has 18 heavy (non-hydrogen) atoms. The zero-order valence-corrected chi connectivity index (χ0v) is 11.2. The van der Waals surface area contributed by atoms with Gasteiger partial charge in [0.2, 0.25) is 0 Å². The molecule has 4 heteroatoms. The van der Waals surface area contributed by atoms with Crippen molar-refractivity contribution in [3.63, 3.8) is 0 Å². The smallest absolute Gasteiger partial charge is 0.127 e. The van der Waals surface area contributed by atoms with Gasteiger partial charge in [0.15, 0.2) is 0 Å². The maximum absolute atomic E-state index is 5.88. The number of hydrogen-bond acceptors (Lipinski definition) is 4. The van der Waals surface area contributed by atoms with E-state index in [1.165, 1.54) is 16.0 Å². The molecule has 0 saturated carbocycles. The van der Waals surface area contributed by atoms with Crippen molar-refractivity contribution in [3.05, 3.63) is 45.9 Å². The van der Waals surface area contributed by atoms with Gasteiger partial charge in [0.1, 0.15) is 5.75 Å². The minimum absolute atomic E-state index is 0.172. The standard InChI is InChI=1S/C14H16N2OS/c1-15-13(12-8-16-9-18-12)11-6-2-4-10-5-3-7-17-14(10)11/h2,4,6,8-9,13,15H,3,5,7H2,1H3. The van der Waals surface area contributed by atoms with Crippen molar-refractivity contribution >= 4 is 11.3 Å². The van der Waals surface area contributed by atoms with Crippen LogP contribution in [0.2, 0.25) is 0 Å². The number of hydrogen-bond donors (Lipinski definition) is 1. The highest BCUT2D eigenvalue weighted by molar-refractivity contribution is 7.09. The van der Waals surface area contributed by atoms with Crippen molar-refractivity contribution < 1.29 is 4.74 Å². The topological polar surface area (TPSA) is 34.2 Å². The lowest BCUT2D eigenvalue weighted by atomic mass is 9.97. The second-order valence-corrected chi connectivity index (χ2v) is 5.33. The number of rotatable bonds is 3. The van der Waals surface area contributed by atoms with Crippen molar-refractivity contribution in [2.45, 2.75) is 18.9 Å². The Morgan fingerprint density at radius 2 is 2.39 bits per heavy atom. The number of nitrogens with one attached hydrogen (secondary N) is 1. The average Bonchev–Trinajstić information content (AvgIpc) is 2.94. The second-order valence-electron chi connectivity index (χ2n) is 4.41. The van der Waals surface area contributed by atoms with Gasteiger partial charge in [-0.3, -0.25) is 4.98 Å². The van der Waals surface area contributed by atoms with Gasteiger partial charge in [-0.05, 0) is 25.5 Å². The Balaban J connectivity index is 2.05. The third-order valence-electron chi connectivity index (χ3n) is 3.30. The number of benzene rings is 1. The molecule has 3 rings (SSSR count). The quantitative estimate of drug-likeness (QED) is 0.921. The van der Waals surface area contributed by atoms with Crippen LogP contribution in [0.25, 0.3) is 0 Å². The molecular weight excluding hydrogens is 244 g/mol. The van der Waals surface area contributed by atoms with Crippen LogP contribution in [0.4, 0.5) is 0 Å². The van der Waals surface area contributed by atoms with Crippen LogP contribution in [0, 0.1) is 0 Å². The summed E-state index contributed by atoms with van der Waals surface area (Å²) in [6.45, 7) is 0.823. The molecule has 0 amide bonds. The maximum Gasteiger partial charge on any atom is 0.127 e. The Bertz CT molecular complexity index is 525. The fourth-order valence-electron chi connectivity index (χ4n) is 2.46. The second kappa shape index (κ2) is 5.08. The first-order valence-electron chi connectivity index (χ1n) is 6.20. The van der Waals surface area contributed by atoms with Gasteiger partial charge in [0.25, 0.3) is 0 Å². The maximum atomic E-state index is 5.88. The van der Waals surface area contributed by atoms with Crippen molar-refractivity contribution in [2.24, 2.45) is 0 Å². The van der Waals surface area contributed by atoms with Crippen LogP contribution in [0.5, 0.6) is 5.75 Å². The first-order valence-corrected chi connectivity index (χ1v) is 7.08. The van der Waals surface area contributed by atoms with E-state index in [1.54, 1.807) is 11.3 Å². The molecule has 0 saturated heterocycles. The minimum Gasteiger partial charge on any atom is -0.493 e. The highest BCUT2D eigenvalue weighted by Crippen LogP contribution is 2.36. The lowest BCUT2D eigenvalue weighted by Gasteiger charge is -2.24. The number of thiazole rings is 1. The number of ether oxygens (including phenoxy) is 1. The molecule has 2 aromatic rings. The van der Waals surface area contributed by atoms with Gasteiger partial charge in [-0.1, -0.05) is 18.2 Å². The first-order chi connectivity index (χ1) is 8.90. The fraction of sp³-hybridized carbons (Fsp3) is 0.357. The summed E-state index contributed by atoms with van der Waals surface area (Å²) in [5.41, 5.74) is 4.41. The Morgan fingerprint density at radius 1 is 1.44 bits per heavy atom. The highest BCUT2D eigenvalue weighted by atomic mass is 32.1. The van der Waals surface area contributed by atoms with E-state index in [-0.39, 0.29) is 6.04 Å². The van der Waals surface area contributed by atoms with Crippen molar-refractivity contribution in [2.75, 3.05) is 13.7 Å². The molecule has 0 fully saturated rings. The van der Waals surface area contributed by atoms with Crippen molar-refractivity contribution in [1.29, 1.82) is 0 Å². The predicted octanol–water partition coefficient (Wildman–Crippen LogP) is 2.78. The molecule has 1 aliphatic rings. The monoisotopic (exact) mass is 260 g/mol. The van der Waals surface area contributed by atoms with Gasteiger partial charge in [0.05, 0.1) is 18.2 Å². The Labute approximate surface area is 111 Å². The summed E-state index contributed by atoms with van der Waals surface area (Å²) < 4.78 is 5.88. The lowest BCUT2D eigenvalue weighted by molar-refractivity contribution is 0.283. The van der Waals surface area contributed by atoms with Crippen LogP contribution in [-0.4, -0.2) is 18.6 Å². The largest absolute Gasteiger partial charge is 0.493 e. The SMILES string of the molecule is CNC(c1cncs1)c1cccc2c1OCCC2. The van der Waals surface area contributed by atoms with Crippen LogP contribution in [0.1, 0.15) is 28.5 Å². The van der Waals surface area contributed by atoms with Crippen molar-refractivity contribution in [1.82, 2.24) is 10.3 Å². The van der Waals surface area contributed by atoms with E-state index >= 15 is 0 Å². The number of aryl methyl sites for hydroxylation is 1. The fourth-order valence-corrected chi connectivity index (χ4v) is 3.21. The molecule has 1 aliphatic heterocycles. The molecule has 0 spiro atoms. The number of aromatic nitrogens is 1. The average molecular weight is 260 g/mol. The Morgan fingerprint density at radius 3 is 3.17 bits per heavy atom. The normalized spacial score (nSPS) is 15.8. The third-order valence-corrected chi connectivity index (χ3v) is 4.14. The van der Waals surface area contributed by atoms with Crippen LogP contribution in [0.15, 0.2) is 29.9 Å². The summed E-state index contributed by atoms with van der Waals surface area (Å²) in [6.07, 6.45) is 4.15. The molecule has 1 unspecified atom stereocenters. The van der Waals surface area contributed by atoms with Gasteiger partial charge >= 0.3 is 0 Å². The van der Waals surface area contributed by atoms with E-state index in [4.69, 9.17) is 4.74 Å². The molecule has 0 bridgehead atoms. The zero-order valence-electron chi connectivity index (χ0n) is 10.3. The Kier molecular flexibility index (Phi) is 3.30. The number of para-hydroxylation sites is 1. The molecule has 2 heterocycles. The summed E-state index contributed by atoms with van der Waals surface area (Å²) in [4.78, 5) is 5.39. The summed E-state index contributed by atoms with van der Waals surface area (Å²) in [5, 5.41) is 3.36. The summed E-state index contributed by atoms with van der Waals surface area (Å²) in [6, 6.07) is 6.60. The van der Waals surface area contributed by atoms with Gasteiger partial charge in [-0.15, -0.1) is 11.3 Å².